The number of benzene rings is 1. The molecule has 3 nitrogen and oxygen atoms in total. The molecule has 1 aromatic carbocycles. The zero-order valence-electron chi connectivity index (χ0n) is 10.6. The molecular weight excluding hydrogens is 222 g/mol. The number of dihydropyridines is 1. The van der Waals surface area contributed by atoms with Crippen molar-refractivity contribution in [3.05, 3.63) is 47.9 Å². The molecule has 0 N–H and O–H groups in total. The number of aromatic nitrogens is 2. The van der Waals surface area contributed by atoms with Crippen LogP contribution in [0.4, 0.5) is 0 Å². The molecule has 3 rings (SSSR count). The van der Waals surface area contributed by atoms with Gasteiger partial charge in [-0.1, -0.05) is 30.4 Å². The lowest BCUT2D eigenvalue weighted by molar-refractivity contribution is 0.580. The Morgan fingerprint density at radius 1 is 1.17 bits per heavy atom. The Kier molecular flexibility index (Phi) is 2.47. The minimum Gasteiger partial charge on any atom is -0.279 e. The van der Waals surface area contributed by atoms with E-state index in [1.54, 1.807) is 0 Å². The smallest absolute Gasteiger partial charge is 0.160 e. The lowest BCUT2D eigenvalue weighted by atomic mass is 9.98. The first kappa shape index (κ1) is 11.1. The van der Waals surface area contributed by atoms with Crippen LogP contribution in [0.1, 0.15) is 24.9 Å². The SMILES string of the molecule is Cc1nc(C2(C)C=CCC=N2)nc2ccccc12. The second kappa shape index (κ2) is 4.02. The average molecular weight is 237 g/mol. The third-order valence-electron chi connectivity index (χ3n) is 3.29. The molecule has 0 aliphatic carbocycles. The van der Waals surface area contributed by atoms with E-state index in [2.05, 4.69) is 33.2 Å². The second-order valence-corrected chi connectivity index (χ2v) is 4.75. The highest BCUT2D eigenvalue weighted by molar-refractivity contribution is 5.80. The summed E-state index contributed by atoms with van der Waals surface area (Å²) < 4.78 is 0. The van der Waals surface area contributed by atoms with Gasteiger partial charge in [0.2, 0.25) is 0 Å². The van der Waals surface area contributed by atoms with Crippen LogP contribution in [-0.4, -0.2) is 16.2 Å². The fourth-order valence-corrected chi connectivity index (χ4v) is 2.24. The van der Waals surface area contributed by atoms with Crippen molar-refractivity contribution in [3.63, 3.8) is 0 Å². The number of hydrogen-bond acceptors (Lipinski definition) is 3. The van der Waals surface area contributed by atoms with Gasteiger partial charge in [-0.05, 0) is 19.9 Å². The highest BCUT2D eigenvalue weighted by atomic mass is 15.0. The number of aryl methyl sites for hydroxylation is 1. The largest absolute Gasteiger partial charge is 0.279 e. The summed E-state index contributed by atoms with van der Waals surface area (Å²) in [5, 5.41) is 1.11. The van der Waals surface area contributed by atoms with Gasteiger partial charge in [0, 0.05) is 23.7 Å². The van der Waals surface area contributed by atoms with Crippen LogP contribution in [-0.2, 0) is 5.54 Å². The normalized spacial score (nSPS) is 22.6. The molecule has 0 saturated carbocycles. The number of rotatable bonds is 1. The Balaban J connectivity index is 2.21. The minimum atomic E-state index is -0.424. The van der Waals surface area contributed by atoms with Gasteiger partial charge in [0.25, 0.3) is 0 Å². The van der Waals surface area contributed by atoms with Crippen LogP contribution >= 0.6 is 0 Å². The quantitative estimate of drug-likeness (QED) is 0.714. The van der Waals surface area contributed by atoms with Gasteiger partial charge in [0.05, 0.1) is 5.52 Å². The summed E-state index contributed by atoms with van der Waals surface area (Å²) in [6.45, 7) is 4.07. The number of fused-ring (bicyclic) bond motifs is 1. The zero-order valence-corrected chi connectivity index (χ0v) is 10.6. The summed E-state index contributed by atoms with van der Waals surface area (Å²) in [7, 11) is 0. The number of aliphatic imine (C=N–C) groups is 1. The van der Waals surface area contributed by atoms with Crippen molar-refractivity contribution in [1.82, 2.24) is 9.97 Å². The topological polar surface area (TPSA) is 38.1 Å². The van der Waals surface area contributed by atoms with E-state index in [9.17, 15) is 0 Å². The van der Waals surface area contributed by atoms with Crippen LogP contribution in [0.3, 0.4) is 0 Å². The molecule has 1 atom stereocenters. The van der Waals surface area contributed by atoms with Crippen molar-refractivity contribution in [2.75, 3.05) is 0 Å². The van der Waals surface area contributed by atoms with Gasteiger partial charge in [-0.15, -0.1) is 0 Å². The van der Waals surface area contributed by atoms with E-state index in [0.717, 1.165) is 28.8 Å². The van der Waals surface area contributed by atoms with Crippen LogP contribution in [0.25, 0.3) is 10.9 Å². The predicted octanol–water partition coefficient (Wildman–Crippen LogP) is 3.18. The molecule has 1 aliphatic heterocycles. The average Bonchev–Trinajstić information content (AvgIpc) is 2.39. The summed E-state index contributed by atoms with van der Waals surface area (Å²) >= 11 is 0. The monoisotopic (exact) mass is 237 g/mol. The van der Waals surface area contributed by atoms with Crippen molar-refractivity contribution >= 4 is 17.1 Å². The number of hydrogen-bond donors (Lipinski definition) is 0. The van der Waals surface area contributed by atoms with E-state index in [1.165, 1.54) is 0 Å². The number of para-hydroxylation sites is 1. The van der Waals surface area contributed by atoms with Gasteiger partial charge >= 0.3 is 0 Å². The summed E-state index contributed by atoms with van der Waals surface area (Å²) in [5.74, 6) is 0.769. The Labute approximate surface area is 106 Å². The van der Waals surface area contributed by atoms with Gasteiger partial charge in [0.15, 0.2) is 5.82 Å². The lowest BCUT2D eigenvalue weighted by Crippen LogP contribution is -2.22. The summed E-state index contributed by atoms with van der Waals surface area (Å²) in [6, 6.07) is 8.09. The van der Waals surface area contributed by atoms with Crippen molar-refractivity contribution in [3.8, 4) is 0 Å². The molecule has 0 fully saturated rings. The molecule has 0 radical (unpaired) electrons. The van der Waals surface area contributed by atoms with Crippen LogP contribution in [0.2, 0.25) is 0 Å². The fraction of sp³-hybridized carbons (Fsp3) is 0.267. The maximum absolute atomic E-state index is 4.66. The number of allylic oxidation sites excluding steroid dienone is 1. The van der Waals surface area contributed by atoms with E-state index >= 15 is 0 Å². The van der Waals surface area contributed by atoms with E-state index in [0.29, 0.717) is 0 Å². The van der Waals surface area contributed by atoms with E-state index in [1.807, 2.05) is 38.3 Å². The van der Waals surface area contributed by atoms with Gasteiger partial charge in [-0.3, -0.25) is 4.99 Å². The Morgan fingerprint density at radius 2 is 2.00 bits per heavy atom. The fourth-order valence-electron chi connectivity index (χ4n) is 2.24. The van der Waals surface area contributed by atoms with Crippen molar-refractivity contribution in [2.45, 2.75) is 25.8 Å². The molecule has 2 aromatic rings. The predicted molar refractivity (Wildman–Crippen MR) is 73.9 cm³/mol. The molecule has 0 amide bonds. The van der Waals surface area contributed by atoms with Crippen LogP contribution in [0, 0.1) is 6.92 Å². The lowest BCUT2D eigenvalue weighted by Gasteiger charge is -2.22. The molecule has 3 heteroatoms. The highest BCUT2D eigenvalue weighted by Gasteiger charge is 2.27. The van der Waals surface area contributed by atoms with Crippen molar-refractivity contribution in [1.29, 1.82) is 0 Å². The molecule has 1 aromatic heterocycles. The van der Waals surface area contributed by atoms with Gasteiger partial charge in [-0.25, -0.2) is 9.97 Å². The first-order valence-electron chi connectivity index (χ1n) is 6.14. The number of nitrogens with zero attached hydrogens (tertiary/aromatic N) is 3. The first-order valence-corrected chi connectivity index (χ1v) is 6.14. The molecular formula is C15H15N3. The Morgan fingerprint density at radius 3 is 2.78 bits per heavy atom. The van der Waals surface area contributed by atoms with Crippen LogP contribution < -0.4 is 0 Å². The molecule has 2 heterocycles. The standard InChI is InChI=1S/C15H15N3/c1-11-12-7-3-4-8-13(12)18-14(17-11)15(2)9-5-6-10-16-15/h3-5,7-10H,6H2,1-2H3. The third-order valence-corrected chi connectivity index (χ3v) is 3.29. The first-order chi connectivity index (χ1) is 8.69. The summed E-state index contributed by atoms with van der Waals surface area (Å²) in [6.07, 6.45) is 7.01. The maximum atomic E-state index is 4.66. The molecule has 0 spiro atoms. The molecule has 1 unspecified atom stereocenters. The molecule has 18 heavy (non-hydrogen) atoms. The molecule has 0 saturated heterocycles. The van der Waals surface area contributed by atoms with E-state index in [-0.39, 0.29) is 0 Å². The van der Waals surface area contributed by atoms with E-state index < -0.39 is 5.54 Å². The molecule has 90 valence electrons. The Hall–Kier alpha value is -2.03. The maximum Gasteiger partial charge on any atom is 0.160 e. The third kappa shape index (κ3) is 1.72. The van der Waals surface area contributed by atoms with Crippen molar-refractivity contribution < 1.29 is 0 Å². The minimum absolute atomic E-state index is 0.424. The summed E-state index contributed by atoms with van der Waals surface area (Å²) in [5.41, 5.74) is 1.56. The van der Waals surface area contributed by atoms with Gasteiger partial charge < -0.3 is 0 Å². The van der Waals surface area contributed by atoms with Gasteiger partial charge in [-0.2, -0.15) is 0 Å². The van der Waals surface area contributed by atoms with Crippen LogP contribution in [0.5, 0.6) is 0 Å². The highest BCUT2D eigenvalue weighted by Crippen LogP contribution is 2.28. The van der Waals surface area contributed by atoms with Crippen molar-refractivity contribution in [2.24, 2.45) is 4.99 Å². The van der Waals surface area contributed by atoms with Crippen LogP contribution in [0.15, 0.2) is 41.4 Å². The van der Waals surface area contributed by atoms with E-state index in [4.69, 9.17) is 0 Å². The zero-order chi connectivity index (χ0) is 12.6. The van der Waals surface area contributed by atoms with Gasteiger partial charge in [0.1, 0.15) is 5.54 Å². The summed E-state index contributed by atoms with van der Waals surface area (Å²) in [4.78, 5) is 13.8. The Bertz CT molecular complexity index is 644. The molecule has 0 bridgehead atoms. The second-order valence-electron chi connectivity index (χ2n) is 4.75. The molecule has 1 aliphatic rings.